The molecule has 0 aliphatic carbocycles. The first kappa shape index (κ1) is 24.3. The molecule has 1 aliphatic rings. The number of hydrogen-bond donors (Lipinski definition) is 4. The molecule has 4 aromatic rings. The predicted molar refractivity (Wildman–Crippen MR) is 133 cm³/mol. The first-order chi connectivity index (χ1) is 17.0. The van der Waals surface area contributed by atoms with Gasteiger partial charge < -0.3 is 39.1 Å². The summed E-state index contributed by atoms with van der Waals surface area (Å²) in [5.74, 6) is 0.607. The number of rotatable bonds is 3. The van der Waals surface area contributed by atoms with Gasteiger partial charge in [0.05, 0.1) is 31.1 Å². The molecular weight excluding hydrogens is 468 g/mol. The Morgan fingerprint density at radius 2 is 1.61 bits per heavy atom. The smallest absolute Gasteiger partial charge is 0.344 e. The molecule has 9 nitrogen and oxygen atoms in total. The molecular formula is C27H28O9. The first-order valence-corrected chi connectivity index (χ1v) is 11.5. The number of fused-ring (bicyclic) bond motifs is 5. The summed E-state index contributed by atoms with van der Waals surface area (Å²) in [6, 6.07) is 8.11. The topological polar surface area (TPSA) is 139 Å². The lowest BCUT2D eigenvalue weighted by atomic mass is 9.80. The van der Waals surface area contributed by atoms with Crippen LogP contribution in [0.1, 0.15) is 31.1 Å². The van der Waals surface area contributed by atoms with Gasteiger partial charge in [-0.05, 0) is 56.2 Å². The van der Waals surface area contributed by atoms with Crippen molar-refractivity contribution >= 4 is 32.5 Å². The highest BCUT2D eigenvalue weighted by Gasteiger charge is 2.51. The van der Waals surface area contributed by atoms with E-state index in [1.54, 1.807) is 25.1 Å². The van der Waals surface area contributed by atoms with Crippen molar-refractivity contribution in [2.24, 2.45) is 0 Å². The van der Waals surface area contributed by atoms with Crippen molar-refractivity contribution < 1.29 is 39.1 Å². The van der Waals surface area contributed by atoms with Crippen LogP contribution in [0.2, 0.25) is 0 Å². The van der Waals surface area contributed by atoms with Crippen molar-refractivity contribution in [1.29, 1.82) is 0 Å². The van der Waals surface area contributed by atoms with Gasteiger partial charge in [0, 0.05) is 16.2 Å². The molecule has 0 amide bonds. The molecule has 1 saturated heterocycles. The van der Waals surface area contributed by atoms with Crippen LogP contribution in [0, 0.1) is 6.92 Å². The fourth-order valence-corrected chi connectivity index (χ4v) is 5.28. The normalized spacial score (nSPS) is 26.6. The van der Waals surface area contributed by atoms with E-state index in [1.807, 2.05) is 6.92 Å². The highest BCUT2D eigenvalue weighted by molar-refractivity contribution is 6.19. The standard InChI is InChI=1S/C27H28O9/c1-11-8-15-19(17(9-11)33-4)14-10-18(34-5)21-16(28)7-6-13(20(21)22(14)36-26(15)31)23-25(30)27(3,32)24(29)12(2)35-23/h6-10,12,23-25,28-30,32H,1-5H3/t12-,23-,24-,25-,27-/m1/s1. The lowest BCUT2D eigenvalue weighted by molar-refractivity contribution is -0.261. The summed E-state index contributed by atoms with van der Waals surface area (Å²) in [5, 5.41) is 45.0. The van der Waals surface area contributed by atoms with Gasteiger partial charge in [-0.2, -0.15) is 0 Å². The monoisotopic (exact) mass is 496 g/mol. The van der Waals surface area contributed by atoms with Crippen molar-refractivity contribution in [3.8, 4) is 17.2 Å². The number of phenols is 1. The van der Waals surface area contributed by atoms with Gasteiger partial charge in [0.2, 0.25) is 0 Å². The number of ether oxygens (including phenoxy) is 3. The fourth-order valence-electron chi connectivity index (χ4n) is 5.28. The van der Waals surface area contributed by atoms with Gasteiger partial charge in [-0.1, -0.05) is 6.07 Å². The second kappa shape index (κ2) is 8.35. The zero-order valence-corrected chi connectivity index (χ0v) is 20.5. The van der Waals surface area contributed by atoms with Crippen LogP contribution in [-0.2, 0) is 4.74 Å². The van der Waals surface area contributed by atoms with Crippen molar-refractivity contribution in [1.82, 2.24) is 0 Å². The van der Waals surface area contributed by atoms with E-state index in [0.717, 1.165) is 5.56 Å². The molecule has 0 spiro atoms. The summed E-state index contributed by atoms with van der Waals surface area (Å²) in [6.07, 6.45) is -4.84. The molecule has 5 atom stereocenters. The third-order valence-electron chi connectivity index (χ3n) is 7.18. The van der Waals surface area contributed by atoms with Crippen molar-refractivity contribution in [3.63, 3.8) is 0 Å². The average Bonchev–Trinajstić information content (AvgIpc) is 2.85. The van der Waals surface area contributed by atoms with Crippen LogP contribution in [0.5, 0.6) is 17.2 Å². The van der Waals surface area contributed by atoms with Crippen LogP contribution >= 0.6 is 0 Å². The number of benzene rings is 3. The molecule has 4 N–H and O–H groups in total. The van der Waals surface area contributed by atoms with Gasteiger partial charge in [-0.15, -0.1) is 0 Å². The summed E-state index contributed by atoms with van der Waals surface area (Å²) in [5.41, 5.74) is -1.22. The molecule has 1 fully saturated rings. The number of hydrogen-bond acceptors (Lipinski definition) is 9. The van der Waals surface area contributed by atoms with E-state index in [1.165, 1.54) is 33.3 Å². The maximum absolute atomic E-state index is 13.2. The summed E-state index contributed by atoms with van der Waals surface area (Å²) < 4.78 is 23.0. The molecule has 36 heavy (non-hydrogen) atoms. The first-order valence-electron chi connectivity index (χ1n) is 11.5. The number of aliphatic hydroxyl groups is 3. The van der Waals surface area contributed by atoms with Gasteiger partial charge in [0.25, 0.3) is 0 Å². The molecule has 0 unspecified atom stereocenters. The Morgan fingerprint density at radius 1 is 0.944 bits per heavy atom. The predicted octanol–water partition coefficient (Wildman–Crippen LogP) is 3.06. The van der Waals surface area contributed by atoms with Crippen molar-refractivity contribution in [3.05, 3.63) is 51.9 Å². The van der Waals surface area contributed by atoms with Crippen molar-refractivity contribution in [2.75, 3.05) is 14.2 Å². The van der Waals surface area contributed by atoms with E-state index >= 15 is 0 Å². The average molecular weight is 497 g/mol. The molecule has 2 heterocycles. The van der Waals surface area contributed by atoms with Crippen LogP contribution in [-0.4, -0.2) is 58.6 Å². The highest BCUT2D eigenvalue weighted by Crippen LogP contribution is 2.48. The van der Waals surface area contributed by atoms with E-state index in [4.69, 9.17) is 18.6 Å². The minimum absolute atomic E-state index is 0.130. The summed E-state index contributed by atoms with van der Waals surface area (Å²) >= 11 is 0. The van der Waals surface area contributed by atoms with E-state index in [-0.39, 0.29) is 22.1 Å². The molecule has 0 saturated carbocycles. The van der Waals surface area contributed by atoms with Crippen LogP contribution in [0.3, 0.4) is 0 Å². The minimum atomic E-state index is -1.89. The Kier molecular flexibility index (Phi) is 5.64. The number of aryl methyl sites for hydroxylation is 1. The van der Waals surface area contributed by atoms with E-state index in [2.05, 4.69) is 0 Å². The Bertz CT molecular complexity index is 1570. The molecule has 1 aliphatic heterocycles. The van der Waals surface area contributed by atoms with Gasteiger partial charge in [-0.25, -0.2) is 4.79 Å². The van der Waals surface area contributed by atoms with E-state index < -0.39 is 35.6 Å². The largest absolute Gasteiger partial charge is 0.507 e. The second-order valence-corrected chi connectivity index (χ2v) is 9.54. The van der Waals surface area contributed by atoms with Crippen LogP contribution in [0.15, 0.2) is 39.5 Å². The Hall–Kier alpha value is -3.37. The molecule has 0 bridgehead atoms. The molecule has 1 aromatic heterocycles. The lowest BCUT2D eigenvalue weighted by Gasteiger charge is -2.46. The van der Waals surface area contributed by atoms with Crippen LogP contribution in [0.25, 0.3) is 32.5 Å². The second-order valence-electron chi connectivity index (χ2n) is 9.54. The molecule has 0 radical (unpaired) electrons. The SMILES string of the molecule is COc1cc2c(oc(=O)c3cc(C)cc(OC)c32)c2c([C@H]3O[C@H](C)[C@@H](O)[C@@](C)(O)[C@@H]3O)ccc(O)c12. The minimum Gasteiger partial charge on any atom is -0.507 e. The number of aliphatic hydroxyl groups excluding tert-OH is 2. The van der Waals surface area contributed by atoms with Crippen LogP contribution in [0.4, 0.5) is 0 Å². The maximum Gasteiger partial charge on any atom is 0.344 e. The summed E-state index contributed by atoms with van der Waals surface area (Å²) in [4.78, 5) is 13.2. The van der Waals surface area contributed by atoms with Gasteiger partial charge in [0.1, 0.15) is 46.7 Å². The molecule has 5 rings (SSSR count). The van der Waals surface area contributed by atoms with Gasteiger partial charge >= 0.3 is 5.63 Å². The van der Waals surface area contributed by atoms with Crippen molar-refractivity contribution in [2.45, 2.75) is 50.8 Å². The molecule has 190 valence electrons. The lowest BCUT2D eigenvalue weighted by Crippen LogP contribution is -2.61. The van der Waals surface area contributed by atoms with E-state index in [9.17, 15) is 25.2 Å². The number of methoxy groups -OCH3 is 2. The third-order valence-corrected chi connectivity index (χ3v) is 7.18. The molecule has 3 aromatic carbocycles. The third kappa shape index (κ3) is 3.35. The zero-order valence-electron chi connectivity index (χ0n) is 20.5. The van der Waals surface area contributed by atoms with E-state index in [0.29, 0.717) is 33.2 Å². The Labute approximate surface area is 206 Å². The fraction of sp³-hybridized carbons (Fsp3) is 0.370. The molecule has 9 heteroatoms. The zero-order chi connectivity index (χ0) is 26.1. The quantitative estimate of drug-likeness (QED) is 0.249. The van der Waals surface area contributed by atoms with Gasteiger partial charge in [0.15, 0.2) is 0 Å². The van der Waals surface area contributed by atoms with Gasteiger partial charge in [-0.3, -0.25) is 0 Å². The Morgan fingerprint density at radius 3 is 2.28 bits per heavy atom. The highest BCUT2D eigenvalue weighted by atomic mass is 16.5. The summed E-state index contributed by atoms with van der Waals surface area (Å²) in [7, 11) is 2.95. The Balaban J connectivity index is 1.97. The summed E-state index contributed by atoms with van der Waals surface area (Å²) in [6.45, 7) is 4.75. The maximum atomic E-state index is 13.2. The number of aromatic hydroxyl groups is 1. The number of phenolic OH excluding ortho intramolecular Hbond substituents is 1. The van der Waals surface area contributed by atoms with Crippen LogP contribution < -0.4 is 15.1 Å².